The Hall–Kier alpha value is 0.0174. The van der Waals surface area contributed by atoms with E-state index >= 15 is 0 Å². The van der Waals surface area contributed by atoms with Gasteiger partial charge in [0.25, 0.3) is 0 Å². The van der Waals surface area contributed by atoms with Crippen LogP contribution in [0.25, 0.3) is 0 Å². The Bertz CT molecular complexity index is 371. The molecule has 20 heavy (non-hydrogen) atoms. The van der Waals surface area contributed by atoms with Gasteiger partial charge in [-0.1, -0.05) is 0 Å². The second-order valence-corrected chi connectivity index (χ2v) is 5.14. The van der Waals surface area contributed by atoms with Gasteiger partial charge < -0.3 is 4.55 Å². The second-order valence-electron chi connectivity index (χ2n) is 3.69. The Morgan fingerprint density at radius 3 is 1.45 bits per heavy atom. The largest absolute Gasteiger partial charge is 1.00 e. The van der Waals surface area contributed by atoms with E-state index in [9.17, 15) is 43.7 Å². The summed E-state index contributed by atoms with van der Waals surface area (Å²) in [4.78, 5) is 0. The minimum absolute atomic E-state index is 0. The van der Waals surface area contributed by atoms with Crippen molar-refractivity contribution in [3.8, 4) is 0 Å². The molecule has 0 radical (unpaired) electrons. The van der Waals surface area contributed by atoms with Gasteiger partial charge in [0, 0.05) is 0 Å². The summed E-state index contributed by atoms with van der Waals surface area (Å²) in [6, 6.07) is 0. The van der Waals surface area contributed by atoms with Crippen LogP contribution in [0, 0.1) is 0 Å². The first-order valence-corrected chi connectivity index (χ1v) is 6.43. The van der Waals surface area contributed by atoms with Crippen molar-refractivity contribution in [2.45, 2.75) is 37.0 Å². The molecule has 0 aromatic heterocycles. The van der Waals surface area contributed by atoms with E-state index in [1.807, 2.05) is 0 Å². The molecule has 0 amide bonds. The molecule has 6 unspecified atom stereocenters. The van der Waals surface area contributed by atoms with Gasteiger partial charge in [0.2, 0.25) is 0 Å². The van der Waals surface area contributed by atoms with Gasteiger partial charge in [0.1, 0.15) is 12.8 Å². The molecule has 0 aliphatic carbocycles. The first-order chi connectivity index (χ1) is 8.51. The van der Waals surface area contributed by atoms with Gasteiger partial charge in [0.15, 0.2) is 30.9 Å². The number of hydrogen-bond acceptors (Lipinski definition) is 3. The Labute approximate surface area is 122 Å². The molecule has 3 nitrogen and oxygen atoms in total. The van der Waals surface area contributed by atoms with Crippen LogP contribution in [0.4, 0.5) is 30.7 Å². The van der Waals surface area contributed by atoms with E-state index in [0.717, 1.165) is 0 Å². The smallest absolute Gasteiger partial charge is 0.748 e. The Morgan fingerprint density at radius 1 is 0.800 bits per heavy atom. The summed E-state index contributed by atoms with van der Waals surface area (Å²) in [5, 5.41) is 0. The van der Waals surface area contributed by atoms with E-state index in [1.54, 1.807) is 0 Å². The van der Waals surface area contributed by atoms with Crippen molar-refractivity contribution in [2.75, 3.05) is 12.4 Å². The van der Waals surface area contributed by atoms with Crippen LogP contribution in [-0.4, -0.2) is 62.4 Å². The van der Waals surface area contributed by atoms with Crippen molar-refractivity contribution < 1.29 is 62.6 Å². The second kappa shape index (κ2) is 9.12. The van der Waals surface area contributed by atoms with Crippen LogP contribution in [0.3, 0.4) is 0 Å². The van der Waals surface area contributed by atoms with Gasteiger partial charge in [-0.3, -0.25) is 0 Å². The molecule has 0 rings (SSSR count). The van der Waals surface area contributed by atoms with Gasteiger partial charge in [-0.15, -0.1) is 0 Å². The summed E-state index contributed by atoms with van der Waals surface area (Å²) in [5.74, 6) is -1.99. The number of rotatable bonds is 8. The molecule has 0 aromatic carbocycles. The zero-order valence-electron chi connectivity index (χ0n) is 10.2. The minimum atomic E-state index is -5.25. The molecule has 0 bridgehead atoms. The summed E-state index contributed by atoms with van der Waals surface area (Å²) in [6.07, 6.45) is -20.3. The monoisotopic (exact) mass is 326 g/mol. The third-order valence-corrected chi connectivity index (χ3v) is 2.84. The first-order valence-electron chi connectivity index (χ1n) is 4.85. The van der Waals surface area contributed by atoms with E-state index in [2.05, 4.69) is 0 Å². The molecule has 0 saturated carbocycles. The van der Waals surface area contributed by atoms with Crippen LogP contribution >= 0.6 is 0 Å². The summed E-state index contributed by atoms with van der Waals surface area (Å²) < 4.78 is 118. The molecule has 0 aliphatic heterocycles. The molecule has 0 heterocycles. The summed E-state index contributed by atoms with van der Waals surface area (Å²) >= 11 is 0. The van der Waals surface area contributed by atoms with Crippen LogP contribution in [0.1, 0.15) is 0 Å². The summed E-state index contributed by atoms with van der Waals surface area (Å²) in [5.41, 5.74) is 0. The molecule has 6 atom stereocenters. The maximum Gasteiger partial charge on any atom is 1.00 e. The van der Waals surface area contributed by atoms with Crippen molar-refractivity contribution in [2.24, 2.45) is 0 Å². The van der Waals surface area contributed by atoms with Crippen molar-refractivity contribution in [3.63, 3.8) is 0 Å². The van der Waals surface area contributed by atoms with Crippen LogP contribution in [0.15, 0.2) is 0 Å². The molecule has 116 valence electrons. The fourth-order valence-corrected chi connectivity index (χ4v) is 1.70. The normalized spacial score (nSPS) is 21.2. The van der Waals surface area contributed by atoms with E-state index < -0.39 is 59.6 Å². The molecule has 0 N–H and O–H groups in total. The van der Waals surface area contributed by atoms with Gasteiger partial charge in [0.05, 0.1) is 15.9 Å². The predicted octanol–water partition coefficient (Wildman–Crippen LogP) is -1.47. The van der Waals surface area contributed by atoms with Crippen LogP contribution < -0.4 is 18.9 Å². The van der Waals surface area contributed by atoms with Crippen LogP contribution in [0.2, 0.25) is 0 Å². The van der Waals surface area contributed by atoms with Crippen molar-refractivity contribution >= 4 is 10.1 Å². The number of hydrogen-bond donors (Lipinski definition) is 0. The fourth-order valence-electron chi connectivity index (χ4n) is 1.12. The Kier molecular flexibility index (Phi) is 10.2. The van der Waals surface area contributed by atoms with Gasteiger partial charge >= 0.3 is 18.9 Å². The maximum atomic E-state index is 12.9. The SMILES string of the molecule is O=S(=O)([O-])CC(F)C(F)C(F)C(F)C(F)C(F)CF.[Li+]. The third kappa shape index (κ3) is 7.15. The van der Waals surface area contributed by atoms with Crippen LogP contribution in [0.5, 0.6) is 0 Å². The fraction of sp³-hybridized carbons (Fsp3) is 1.00. The van der Waals surface area contributed by atoms with E-state index in [1.165, 1.54) is 0 Å². The third-order valence-electron chi connectivity index (χ3n) is 2.11. The van der Waals surface area contributed by atoms with Gasteiger partial charge in [-0.25, -0.2) is 39.2 Å². The average molecular weight is 326 g/mol. The Morgan fingerprint density at radius 2 is 1.15 bits per heavy atom. The van der Waals surface area contributed by atoms with Crippen molar-refractivity contribution in [3.05, 3.63) is 0 Å². The van der Waals surface area contributed by atoms with Crippen molar-refractivity contribution in [1.29, 1.82) is 0 Å². The van der Waals surface area contributed by atoms with E-state index in [0.29, 0.717) is 0 Å². The van der Waals surface area contributed by atoms with Gasteiger partial charge in [-0.05, 0) is 0 Å². The molecule has 0 saturated heterocycles. The van der Waals surface area contributed by atoms with Crippen molar-refractivity contribution in [1.82, 2.24) is 0 Å². The molecule has 0 aliphatic rings. The Balaban J connectivity index is 0. The van der Waals surface area contributed by atoms with Gasteiger partial charge in [-0.2, -0.15) is 0 Å². The average Bonchev–Trinajstić information content (AvgIpc) is 2.31. The standard InChI is InChI=1S/C8H11F7O3S.Li/c9-1-3(10)5(12)7(14)8(15)6(13)4(11)2-19(16,17)18;/h3-8H,1-2H2,(H,16,17,18);/q;+1/p-1. The summed E-state index contributed by atoms with van der Waals surface area (Å²) in [6.45, 7) is -2.00. The number of halogens is 7. The molecular formula is C8H10F7LiO3S. The van der Waals surface area contributed by atoms with E-state index in [-0.39, 0.29) is 18.9 Å². The number of alkyl halides is 7. The molecule has 0 fully saturated rings. The zero-order chi connectivity index (χ0) is 15.4. The van der Waals surface area contributed by atoms with Crippen LogP contribution in [-0.2, 0) is 10.1 Å². The topological polar surface area (TPSA) is 57.2 Å². The predicted molar refractivity (Wildman–Crippen MR) is 49.9 cm³/mol. The maximum absolute atomic E-state index is 12.9. The molecule has 12 heteroatoms. The minimum Gasteiger partial charge on any atom is -0.748 e. The molecule has 0 spiro atoms. The quantitative estimate of drug-likeness (QED) is 0.311. The zero-order valence-corrected chi connectivity index (χ0v) is 11.0. The first kappa shape index (κ1) is 22.3. The molecular weight excluding hydrogens is 316 g/mol. The van der Waals surface area contributed by atoms with E-state index in [4.69, 9.17) is 0 Å². The molecule has 0 aromatic rings. The summed E-state index contributed by atoms with van der Waals surface area (Å²) in [7, 11) is -5.25.